The number of nitrogens with zero attached hydrogens (tertiary/aromatic N) is 1. The van der Waals surface area contributed by atoms with Gasteiger partial charge in [-0.2, -0.15) is 0 Å². The minimum atomic E-state index is -1.29. The first-order chi connectivity index (χ1) is 9.90. The van der Waals surface area contributed by atoms with Gasteiger partial charge in [0.2, 0.25) is 0 Å². The summed E-state index contributed by atoms with van der Waals surface area (Å²) < 4.78 is 4.90. The summed E-state index contributed by atoms with van der Waals surface area (Å²) in [5.41, 5.74) is -0.291. The van der Waals surface area contributed by atoms with Gasteiger partial charge in [-0.1, -0.05) is 0 Å². The fourth-order valence-corrected chi connectivity index (χ4v) is 1.60. The molecule has 0 bridgehead atoms. The number of aliphatic carboxylic acids is 1. The van der Waals surface area contributed by atoms with Gasteiger partial charge in [0.15, 0.2) is 0 Å². The lowest BCUT2D eigenvalue weighted by atomic mass is 10.1. The molecule has 0 radical (unpaired) electrons. The van der Waals surface area contributed by atoms with Gasteiger partial charge in [0.25, 0.3) is 11.6 Å². The van der Waals surface area contributed by atoms with Crippen molar-refractivity contribution in [3.63, 3.8) is 0 Å². The van der Waals surface area contributed by atoms with Crippen LogP contribution >= 0.6 is 0 Å². The minimum Gasteiger partial charge on any atom is -0.496 e. The smallest absolute Gasteiger partial charge is 0.326 e. The fraction of sp³-hybridized carbons (Fsp3) is 0.333. The van der Waals surface area contributed by atoms with E-state index in [1.165, 1.54) is 13.2 Å². The van der Waals surface area contributed by atoms with E-state index in [1.54, 1.807) is 0 Å². The number of carboxylic acid groups (broad SMARTS) is 1. The Morgan fingerprint density at radius 2 is 2.14 bits per heavy atom. The van der Waals surface area contributed by atoms with Crippen molar-refractivity contribution in [1.29, 1.82) is 0 Å². The highest BCUT2D eigenvalue weighted by atomic mass is 16.6. The summed E-state index contributed by atoms with van der Waals surface area (Å²) in [4.78, 5) is 32.9. The van der Waals surface area contributed by atoms with Gasteiger partial charge in [-0.3, -0.25) is 14.9 Å². The van der Waals surface area contributed by atoms with Gasteiger partial charge < -0.3 is 20.3 Å². The van der Waals surface area contributed by atoms with Crippen molar-refractivity contribution in [3.05, 3.63) is 33.9 Å². The zero-order valence-electron chi connectivity index (χ0n) is 11.1. The number of non-ortho nitro benzene ring substituents is 1. The molecule has 1 aromatic carbocycles. The predicted molar refractivity (Wildman–Crippen MR) is 70.2 cm³/mol. The highest BCUT2D eigenvalue weighted by Gasteiger charge is 2.23. The van der Waals surface area contributed by atoms with Gasteiger partial charge in [-0.15, -0.1) is 0 Å². The standard InChI is InChI=1S/C12H14N2O7/c1-21-10-6-7(14(19)20)2-3-8(10)11(16)13-9(4-5-15)12(17)18/h2-3,6,9,15H,4-5H2,1H3,(H,13,16)(H,17,18)/t9-/m0/s1. The van der Waals surface area contributed by atoms with Crippen molar-refractivity contribution in [2.75, 3.05) is 13.7 Å². The second kappa shape index (κ2) is 7.20. The Kier molecular flexibility index (Phi) is 5.61. The van der Waals surface area contributed by atoms with E-state index in [9.17, 15) is 19.7 Å². The van der Waals surface area contributed by atoms with Crippen LogP contribution in [-0.2, 0) is 4.79 Å². The molecule has 114 valence electrons. The molecule has 1 rings (SSSR count). The number of rotatable bonds is 7. The molecular weight excluding hydrogens is 284 g/mol. The average molecular weight is 298 g/mol. The zero-order valence-corrected chi connectivity index (χ0v) is 11.1. The lowest BCUT2D eigenvalue weighted by molar-refractivity contribution is -0.384. The predicted octanol–water partition coefficient (Wildman–Crippen LogP) is 0.169. The summed E-state index contributed by atoms with van der Waals surface area (Å²) >= 11 is 0. The van der Waals surface area contributed by atoms with Gasteiger partial charge >= 0.3 is 5.97 Å². The Labute approximate surface area is 119 Å². The van der Waals surface area contributed by atoms with E-state index >= 15 is 0 Å². The first-order valence-corrected chi connectivity index (χ1v) is 5.87. The van der Waals surface area contributed by atoms with Gasteiger partial charge in [-0.25, -0.2) is 4.79 Å². The number of nitrogens with one attached hydrogen (secondary N) is 1. The van der Waals surface area contributed by atoms with Crippen molar-refractivity contribution < 1.29 is 29.5 Å². The van der Waals surface area contributed by atoms with Crippen LogP contribution in [0, 0.1) is 10.1 Å². The molecule has 1 amide bonds. The Balaban J connectivity index is 3.01. The maximum absolute atomic E-state index is 12.0. The molecule has 0 aromatic heterocycles. The minimum absolute atomic E-state index is 0.0349. The number of carbonyl (C=O) groups is 2. The molecule has 0 aliphatic carbocycles. The van der Waals surface area contributed by atoms with Crippen LogP contribution in [0.5, 0.6) is 5.75 Å². The van der Waals surface area contributed by atoms with Crippen LogP contribution < -0.4 is 10.1 Å². The third-order valence-corrected chi connectivity index (χ3v) is 2.66. The number of aliphatic hydroxyl groups excluding tert-OH is 1. The Morgan fingerprint density at radius 3 is 2.62 bits per heavy atom. The van der Waals surface area contributed by atoms with Gasteiger partial charge in [-0.05, 0) is 6.07 Å². The van der Waals surface area contributed by atoms with Crippen LogP contribution in [0.3, 0.4) is 0 Å². The number of nitro benzene ring substituents is 1. The number of hydrogen-bond donors (Lipinski definition) is 3. The molecule has 0 aliphatic rings. The summed E-state index contributed by atoms with van der Waals surface area (Å²) in [6.07, 6.45) is -0.156. The first-order valence-electron chi connectivity index (χ1n) is 5.87. The molecule has 0 aliphatic heterocycles. The summed E-state index contributed by atoms with van der Waals surface area (Å²) in [6, 6.07) is 2.09. The molecule has 0 saturated carbocycles. The fourth-order valence-electron chi connectivity index (χ4n) is 1.60. The molecule has 0 spiro atoms. The molecule has 0 saturated heterocycles. The molecule has 21 heavy (non-hydrogen) atoms. The Bertz CT molecular complexity index is 559. The number of hydrogen-bond acceptors (Lipinski definition) is 6. The monoisotopic (exact) mass is 298 g/mol. The third kappa shape index (κ3) is 4.14. The number of methoxy groups -OCH3 is 1. The summed E-state index contributed by atoms with van der Waals surface area (Å²) in [5.74, 6) is -2.10. The Morgan fingerprint density at radius 1 is 1.48 bits per heavy atom. The molecule has 1 atom stereocenters. The van der Waals surface area contributed by atoms with E-state index in [-0.39, 0.29) is 23.4 Å². The highest BCUT2D eigenvalue weighted by Crippen LogP contribution is 2.24. The normalized spacial score (nSPS) is 11.5. The molecular formula is C12H14N2O7. The second-order valence-electron chi connectivity index (χ2n) is 4.02. The molecule has 1 aromatic rings. The SMILES string of the molecule is COc1cc([N+](=O)[O-])ccc1C(=O)N[C@@H](CCO)C(=O)O. The van der Waals surface area contributed by atoms with Gasteiger partial charge in [0.1, 0.15) is 11.8 Å². The van der Waals surface area contributed by atoms with Crippen LogP contribution in [-0.4, -0.2) is 46.8 Å². The number of aliphatic hydroxyl groups is 1. The van der Waals surface area contributed by atoms with E-state index in [0.717, 1.165) is 12.1 Å². The summed E-state index contributed by atoms with van der Waals surface area (Å²) in [6.45, 7) is -0.408. The Hall–Kier alpha value is -2.68. The lowest BCUT2D eigenvalue weighted by Gasteiger charge is -2.14. The number of amides is 1. The van der Waals surface area contributed by atoms with Crippen LogP contribution in [0.2, 0.25) is 0 Å². The van der Waals surface area contributed by atoms with Crippen LogP contribution in [0.1, 0.15) is 16.8 Å². The molecule has 3 N–H and O–H groups in total. The van der Waals surface area contributed by atoms with Crippen LogP contribution in [0.25, 0.3) is 0 Å². The number of nitro groups is 1. The molecule has 9 nitrogen and oxygen atoms in total. The topological polar surface area (TPSA) is 139 Å². The molecule has 0 heterocycles. The second-order valence-corrected chi connectivity index (χ2v) is 4.02. The summed E-state index contributed by atoms with van der Waals surface area (Å²) in [5, 5.41) is 30.5. The van der Waals surface area contributed by atoms with Crippen molar-refractivity contribution in [2.45, 2.75) is 12.5 Å². The van der Waals surface area contributed by atoms with E-state index in [4.69, 9.17) is 14.9 Å². The molecule has 9 heteroatoms. The van der Waals surface area contributed by atoms with E-state index in [0.29, 0.717) is 0 Å². The van der Waals surface area contributed by atoms with Gasteiger partial charge in [0, 0.05) is 19.1 Å². The average Bonchev–Trinajstić information content (AvgIpc) is 2.45. The first kappa shape index (κ1) is 16.4. The van der Waals surface area contributed by atoms with Crippen molar-refractivity contribution in [1.82, 2.24) is 5.32 Å². The maximum atomic E-state index is 12.0. The summed E-state index contributed by atoms with van der Waals surface area (Å²) in [7, 11) is 1.23. The number of carbonyl (C=O) groups excluding carboxylic acids is 1. The van der Waals surface area contributed by atoms with Crippen molar-refractivity contribution in [2.24, 2.45) is 0 Å². The van der Waals surface area contributed by atoms with E-state index < -0.39 is 29.4 Å². The maximum Gasteiger partial charge on any atom is 0.326 e. The third-order valence-electron chi connectivity index (χ3n) is 2.66. The number of carboxylic acids is 1. The lowest BCUT2D eigenvalue weighted by Crippen LogP contribution is -2.41. The highest BCUT2D eigenvalue weighted by molar-refractivity contribution is 5.99. The van der Waals surface area contributed by atoms with Crippen LogP contribution in [0.4, 0.5) is 5.69 Å². The molecule has 0 unspecified atom stereocenters. The van der Waals surface area contributed by atoms with Crippen LogP contribution in [0.15, 0.2) is 18.2 Å². The number of ether oxygens (including phenoxy) is 1. The quantitative estimate of drug-likeness (QED) is 0.481. The largest absolute Gasteiger partial charge is 0.496 e. The number of benzene rings is 1. The van der Waals surface area contributed by atoms with E-state index in [2.05, 4.69) is 5.32 Å². The molecule has 0 fully saturated rings. The zero-order chi connectivity index (χ0) is 16.0. The van der Waals surface area contributed by atoms with Gasteiger partial charge in [0.05, 0.1) is 23.7 Å². The van der Waals surface area contributed by atoms with Crippen molar-refractivity contribution in [3.8, 4) is 5.75 Å². The van der Waals surface area contributed by atoms with Crippen molar-refractivity contribution >= 4 is 17.6 Å². The van der Waals surface area contributed by atoms with E-state index in [1.807, 2.05) is 0 Å².